The number of ether oxygens (including phenoxy) is 1. The zero-order valence-electron chi connectivity index (χ0n) is 16.5. The molecule has 0 atom stereocenters. The minimum atomic E-state index is 0.248. The van der Waals surface area contributed by atoms with E-state index in [9.17, 15) is 0 Å². The van der Waals surface area contributed by atoms with Gasteiger partial charge in [-0.15, -0.1) is 0 Å². The number of anilines is 1. The first kappa shape index (κ1) is 18.8. The molecule has 0 unspecified atom stereocenters. The van der Waals surface area contributed by atoms with Crippen LogP contribution >= 0.6 is 0 Å². The zero-order valence-corrected chi connectivity index (χ0v) is 16.5. The van der Waals surface area contributed by atoms with E-state index in [4.69, 9.17) is 10.5 Å². The lowest BCUT2D eigenvalue weighted by atomic mass is 10.1. The minimum absolute atomic E-state index is 0.248. The van der Waals surface area contributed by atoms with E-state index in [2.05, 4.69) is 35.9 Å². The number of aromatic nitrogens is 5. The first-order valence-corrected chi connectivity index (χ1v) is 9.40. The van der Waals surface area contributed by atoms with E-state index < -0.39 is 0 Å². The van der Waals surface area contributed by atoms with Crippen LogP contribution in [0.3, 0.4) is 0 Å². The summed E-state index contributed by atoms with van der Waals surface area (Å²) in [7, 11) is 4.09. The van der Waals surface area contributed by atoms with Crippen LogP contribution in [0, 0.1) is 0 Å². The molecular weight excluding hydrogens is 366 g/mol. The molecule has 0 bridgehead atoms. The summed E-state index contributed by atoms with van der Waals surface area (Å²) in [5.74, 6) is 0.775. The predicted octanol–water partition coefficient (Wildman–Crippen LogP) is 2.99. The summed E-state index contributed by atoms with van der Waals surface area (Å²) in [5.41, 5.74) is 10.2. The van der Waals surface area contributed by atoms with E-state index in [1.54, 1.807) is 18.6 Å². The van der Waals surface area contributed by atoms with Crippen molar-refractivity contribution in [3.05, 3.63) is 49.1 Å². The standard InChI is InChI=1S/C21H23N7O/c1-28(2)8-3-9-29-20-13-23-12-19(26-20)14-4-5-17-15(10-14)16(11-25-17)18-6-7-24-21(22)27-18/h4-7,10-13,25H,3,8-9H2,1-2H3,(H2,22,24,27). The molecular formula is C21H23N7O. The summed E-state index contributed by atoms with van der Waals surface area (Å²) in [5, 5.41) is 1.03. The molecule has 4 rings (SSSR count). The van der Waals surface area contributed by atoms with Crippen molar-refractivity contribution in [2.24, 2.45) is 0 Å². The fourth-order valence-electron chi connectivity index (χ4n) is 3.13. The fourth-order valence-corrected chi connectivity index (χ4v) is 3.13. The number of H-pyrrole nitrogens is 1. The second-order valence-electron chi connectivity index (χ2n) is 7.01. The highest BCUT2D eigenvalue weighted by Crippen LogP contribution is 2.31. The number of hydrogen-bond donors (Lipinski definition) is 2. The van der Waals surface area contributed by atoms with Crippen LogP contribution < -0.4 is 10.5 Å². The molecule has 0 saturated carbocycles. The number of nitrogens with one attached hydrogen (secondary N) is 1. The maximum atomic E-state index is 5.76. The number of benzene rings is 1. The molecule has 148 valence electrons. The van der Waals surface area contributed by atoms with Gasteiger partial charge in [0.25, 0.3) is 0 Å². The number of nitrogens with two attached hydrogens (primary N) is 1. The van der Waals surface area contributed by atoms with E-state index in [1.807, 2.05) is 38.5 Å². The van der Waals surface area contributed by atoms with Crippen LogP contribution in [-0.4, -0.2) is 57.1 Å². The number of aromatic amines is 1. The molecule has 0 aliphatic carbocycles. The van der Waals surface area contributed by atoms with Gasteiger partial charge in [0.1, 0.15) is 0 Å². The number of rotatable bonds is 7. The SMILES string of the molecule is CN(C)CCCOc1cncc(-c2ccc3[nH]cc(-c4ccnc(N)n4)c3c2)n1. The summed E-state index contributed by atoms with van der Waals surface area (Å²) < 4.78 is 5.76. The van der Waals surface area contributed by atoms with Gasteiger partial charge in [0.05, 0.1) is 30.4 Å². The van der Waals surface area contributed by atoms with Crippen LogP contribution in [0.2, 0.25) is 0 Å². The van der Waals surface area contributed by atoms with Crippen LogP contribution in [-0.2, 0) is 0 Å². The Kier molecular flexibility index (Phi) is 5.35. The maximum Gasteiger partial charge on any atom is 0.232 e. The van der Waals surface area contributed by atoms with E-state index in [0.717, 1.165) is 46.4 Å². The fraction of sp³-hybridized carbons (Fsp3) is 0.238. The zero-order chi connectivity index (χ0) is 20.2. The first-order chi connectivity index (χ1) is 14.1. The lowest BCUT2D eigenvalue weighted by Crippen LogP contribution is -2.15. The van der Waals surface area contributed by atoms with Gasteiger partial charge in [0, 0.05) is 41.0 Å². The van der Waals surface area contributed by atoms with Gasteiger partial charge in [-0.05, 0) is 38.7 Å². The third-order valence-corrected chi connectivity index (χ3v) is 4.54. The maximum absolute atomic E-state index is 5.76. The van der Waals surface area contributed by atoms with Gasteiger partial charge in [0.15, 0.2) is 0 Å². The van der Waals surface area contributed by atoms with Crippen molar-refractivity contribution < 1.29 is 4.74 Å². The molecule has 0 aliphatic rings. The average molecular weight is 389 g/mol. The Labute approximate surface area is 168 Å². The highest BCUT2D eigenvalue weighted by Gasteiger charge is 2.11. The van der Waals surface area contributed by atoms with Gasteiger partial charge in [-0.25, -0.2) is 15.0 Å². The smallest absolute Gasteiger partial charge is 0.232 e. The number of hydrogen-bond acceptors (Lipinski definition) is 7. The van der Waals surface area contributed by atoms with E-state index >= 15 is 0 Å². The molecule has 4 aromatic rings. The monoisotopic (exact) mass is 389 g/mol. The molecule has 3 heterocycles. The summed E-state index contributed by atoms with van der Waals surface area (Å²) in [6, 6.07) is 7.94. The van der Waals surface area contributed by atoms with Gasteiger partial charge in [0.2, 0.25) is 11.8 Å². The molecule has 29 heavy (non-hydrogen) atoms. The lowest BCUT2D eigenvalue weighted by molar-refractivity contribution is 0.272. The van der Waals surface area contributed by atoms with Crippen molar-refractivity contribution in [2.45, 2.75) is 6.42 Å². The number of nitrogens with zero attached hydrogens (tertiary/aromatic N) is 5. The Morgan fingerprint density at radius 2 is 2.00 bits per heavy atom. The van der Waals surface area contributed by atoms with Crippen molar-refractivity contribution in [1.29, 1.82) is 0 Å². The first-order valence-electron chi connectivity index (χ1n) is 9.40. The minimum Gasteiger partial charge on any atom is -0.477 e. The van der Waals surface area contributed by atoms with Gasteiger partial charge >= 0.3 is 0 Å². The third kappa shape index (κ3) is 4.33. The molecule has 0 fully saturated rings. The van der Waals surface area contributed by atoms with Crippen molar-refractivity contribution >= 4 is 16.9 Å². The quantitative estimate of drug-likeness (QED) is 0.468. The Balaban J connectivity index is 1.61. The molecule has 8 nitrogen and oxygen atoms in total. The highest BCUT2D eigenvalue weighted by molar-refractivity contribution is 5.97. The Hall–Kier alpha value is -3.52. The Morgan fingerprint density at radius 1 is 1.10 bits per heavy atom. The average Bonchev–Trinajstić information content (AvgIpc) is 3.14. The number of fused-ring (bicyclic) bond motifs is 1. The number of nitrogen functional groups attached to an aromatic ring is 1. The van der Waals surface area contributed by atoms with Gasteiger partial charge < -0.3 is 20.4 Å². The highest BCUT2D eigenvalue weighted by atomic mass is 16.5. The molecule has 0 spiro atoms. The second kappa shape index (κ2) is 8.24. The topological polar surface area (TPSA) is 106 Å². The van der Waals surface area contributed by atoms with E-state index in [-0.39, 0.29) is 5.95 Å². The molecule has 0 aliphatic heterocycles. The van der Waals surface area contributed by atoms with Gasteiger partial charge in [-0.3, -0.25) is 4.98 Å². The van der Waals surface area contributed by atoms with Crippen LogP contribution in [0.25, 0.3) is 33.4 Å². The summed E-state index contributed by atoms with van der Waals surface area (Å²) >= 11 is 0. The summed E-state index contributed by atoms with van der Waals surface area (Å²) in [4.78, 5) is 22.6. The molecule has 1 aromatic carbocycles. The lowest BCUT2D eigenvalue weighted by Gasteiger charge is -2.10. The van der Waals surface area contributed by atoms with Gasteiger partial charge in [-0.2, -0.15) is 0 Å². The third-order valence-electron chi connectivity index (χ3n) is 4.54. The van der Waals surface area contributed by atoms with Crippen LogP contribution in [0.5, 0.6) is 5.88 Å². The predicted molar refractivity (Wildman–Crippen MR) is 113 cm³/mol. The van der Waals surface area contributed by atoms with Crippen molar-refractivity contribution in [3.63, 3.8) is 0 Å². The molecule has 3 aromatic heterocycles. The summed E-state index contributed by atoms with van der Waals surface area (Å²) in [6.07, 6.45) is 7.89. The van der Waals surface area contributed by atoms with Crippen molar-refractivity contribution in [2.75, 3.05) is 33.0 Å². The van der Waals surface area contributed by atoms with E-state index in [1.165, 1.54) is 0 Å². The van der Waals surface area contributed by atoms with Crippen LogP contribution in [0.4, 0.5) is 5.95 Å². The second-order valence-corrected chi connectivity index (χ2v) is 7.01. The molecule has 0 amide bonds. The Morgan fingerprint density at radius 3 is 2.83 bits per heavy atom. The Bertz CT molecular complexity index is 1120. The van der Waals surface area contributed by atoms with Crippen molar-refractivity contribution in [3.8, 4) is 28.4 Å². The van der Waals surface area contributed by atoms with E-state index in [0.29, 0.717) is 12.5 Å². The van der Waals surface area contributed by atoms with Gasteiger partial charge in [-0.1, -0.05) is 6.07 Å². The summed E-state index contributed by atoms with van der Waals surface area (Å²) in [6.45, 7) is 1.57. The molecule has 0 saturated heterocycles. The molecule has 8 heteroatoms. The van der Waals surface area contributed by atoms with Crippen LogP contribution in [0.15, 0.2) is 49.1 Å². The molecule has 0 radical (unpaired) electrons. The molecule has 3 N–H and O–H groups in total. The normalized spacial score (nSPS) is 11.3. The van der Waals surface area contributed by atoms with Crippen molar-refractivity contribution in [1.82, 2.24) is 29.8 Å². The van der Waals surface area contributed by atoms with Crippen LogP contribution in [0.1, 0.15) is 6.42 Å². The largest absolute Gasteiger partial charge is 0.477 e.